The highest BCUT2D eigenvalue weighted by Gasteiger charge is 2.24. The fourth-order valence-electron chi connectivity index (χ4n) is 4.58. The highest BCUT2D eigenvalue weighted by Crippen LogP contribution is 2.35. The van der Waals surface area contributed by atoms with Gasteiger partial charge in [-0.25, -0.2) is 4.98 Å². The lowest BCUT2D eigenvalue weighted by Crippen LogP contribution is -2.11. The molecule has 2 aromatic carbocycles. The van der Waals surface area contributed by atoms with Crippen molar-refractivity contribution < 1.29 is 0 Å². The number of fused-ring (bicyclic) bond motifs is 2. The molecule has 0 aliphatic heterocycles. The quantitative estimate of drug-likeness (QED) is 0.414. The van der Waals surface area contributed by atoms with Crippen LogP contribution >= 0.6 is 0 Å². The first-order valence-electron chi connectivity index (χ1n) is 10.9. The van der Waals surface area contributed by atoms with Crippen LogP contribution in [0.15, 0.2) is 67.4 Å². The number of aryl methyl sites for hydroxylation is 3. The van der Waals surface area contributed by atoms with Gasteiger partial charge in [-0.05, 0) is 35.2 Å². The lowest BCUT2D eigenvalue weighted by Gasteiger charge is -2.16. The second-order valence-electron chi connectivity index (χ2n) is 8.59. The van der Waals surface area contributed by atoms with Gasteiger partial charge in [0, 0.05) is 55.9 Å². The number of hydrogen-bond donors (Lipinski definition) is 1. The molecule has 0 bridgehead atoms. The van der Waals surface area contributed by atoms with E-state index in [0.29, 0.717) is 5.69 Å². The van der Waals surface area contributed by atoms with Crippen molar-refractivity contribution in [3.8, 4) is 11.1 Å². The lowest BCUT2D eigenvalue weighted by molar-refractivity contribution is 0.663. The van der Waals surface area contributed by atoms with Gasteiger partial charge in [0.25, 0.3) is 0 Å². The first-order valence-corrected chi connectivity index (χ1v) is 10.9. The molecule has 0 saturated heterocycles. The van der Waals surface area contributed by atoms with Crippen LogP contribution in [-0.2, 0) is 21.1 Å². The van der Waals surface area contributed by atoms with Gasteiger partial charge < -0.3 is 10.3 Å². The Bertz CT molecular complexity index is 1670. The Morgan fingerprint density at radius 1 is 0.971 bits per heavy atom. The average Bonchev–Trinajstić information content (AvgIpc) is 3.55. The standard InChI is InChI=1S/C25H23N9/c1-32-7-6-15-4-5-16(8-22(15)32)19-9-18(26)10-20-25(19)30-21(12-27-20)24(17-11-29-33(2)14-17)23-13-28-31-34(23)3/h4-14,24H,26H2,1-3H3/t24-/m1/s1. The van der Waals surface area contributed by atoms with Crippen molar-refractivity contribution in [1.82, 2.24) is 39.3 Å². The van der Waals surface area contributed by atoms with Gasteiger partial charge in [0.15, 0.2) is 0 Å². The van der Waals surface area contributed by atoms with Gasteiger partial charge in [-0.1, -0.05) is 17.3 Å². The number of aromatic nitrogens is 8. The highest BCUT2D eigenvalue weighted by molar-refractivity contribution is 5.97. The van der Waals surface area contributed by atoms with Crippen molar-refractivity contribution in [2.75, 3.05) is 5.73 Å². The zero-order valence-corrected chi connectivity index (χ0v) is 19.1. The van der Waals surface area contributed by atoms with Crippen LogP contribution in [0.3, 0.4) is 0 Å². The maximum Gasteiger partial charge on any atom is 0.0970 e. The molecule has 0 aliphatic carbocycles. The fourth-order valence-corrected chi connectivity index (χ4v) is 4.58. The third kappa shape index (κ3) is 3.21. The van der Waals surface area contributed by atoms with Crippen LogP contribution in [-0.4, -0.2) is 39.3 Å². The molecule has 0 fully saturated rings. The molecule has 0 saturated carbocycles. The van der Waals surface area contributed by atoms with Crippen LogP contribution in [0.25, 0.3) is 33.1 Å². The van der Waals surface area contributed by atoms with Gasteiger partial charge in [0.1, 0.15) is 0 Å². The zero-order valence-electron chi connectivity index (χ0n) is 19.1. The van der Waals surface area contributed by atoms with Crippen LogP contribution < -0.4 is 5.73 Å². The molecule has 34 heavy (non-hydrogen) atoms. The second-order valence-corrected chi connectivity index (χ2v) is 8.59. The van der Waals surface area contributed by atoms with E-state index in [4.69, 9.17) is 15.7 Å². The Kier molecular flexibility index (Phi) is 4.44. The molecule has 2 N–H and O–H groups in total. The van der Waals surface area contributed by atoms with Gasteiger partial charge in [-0.2, -0.15) is 5.10 Å². The molecule has 168 valence electrons. The number of rotatable bonds is 4. The summed E-state index contributed by atoms with van der Waals surface area (Å²) in [6.45, 7) is 0. The molecule has 0 aliphatic rings. The summed E-state index contributed by atoms with van der Waals surface area (Å²) >= 11 is 0. The Labute approximate surface area is 195 Å². The van der Waals surface area contributed by atoms with Gasteiger partial charge >= 0.3 is 0 Å². The molecule has 0 radical (unpaired) electrons. The lowest BCUT2D eigenvalue weighted by atomic mass is 9.95. The van der Waals surface area contributed by atoms with Crippen LogP contribution in [0.1, 0.15) is 22.9 Å². The fraction of sp³-hybridized carbons (Fsp3) is 0.160. The van der Waals surface area contributed by atoms with E-state index in [1.54, 1.807) is 21.8 Å². The summed E-state index contributed by atoms with van der Waals surface area (Å²) in [6, 6.07) is 12.3. The van der Waals surface area contributed by atoms with E-state index in [1.807, 2.05) is 45.7 Å². The van der Waals surface area contributed by atoms with Crippen LogP contribution in [0.2, 0.25) is 0 Å². The smallest absolute Gasteiger partial charge is 0.0970 e. The van der Waals surface area contributed by atoms with Gasteiger partial charge in [0.2, 0.25) is 0 Å². The minimum absolute atomic E-state index is 0.216. The van der Waals surface area contributed by atoms with Crippen molar-refractivity contribution in [2.45, 2.75) is 5.92 Å². The van der Waals surface area contributed by atoms with Gasteiger partial charge in [-0.15, -0.1) is 5.10 Å². The molecule has 0 amide bonds. The van der Waals surface area contributed by atoms with Gasteiger partial charge in [0.05, 0.1) is 46.9 Å². The number of nitrogens with zero attached hydrogens (tertiary/aromatic N) is 8. The Hall–Kier alpha value is -4.53. The predicted octanol–water partition coefficient (Wildman–Crippen LogP) is 3.41. The van der Waals surface area contributed by atoms with Crippen molar-refractivity contribution >= 4 is 27.6 Å². The molecule has 4 aromatic heterocycles. The Morgan fingerprint density at radius 2 is 1.85 bits per heavy atom. The summed E-state index contributed by atoms with van der Waals surface area (Å²) in [6.07, 6.45) is 9.45. The summed E-state index contributed by atoms with van der Waals surface area (Å²) in [5.41, 5.74) is 14.3. The van der Waals surface area contributed by atoms with E-state index in [0.717, 1.165) is 44.6 Å². The first kappa shape index (κ1) is 20.1. The normalized spacial score (nSPS) is 12.6. The van der Waals surface area contributed by atoms with E-state index in [9.17, 15) is 0 Å². The molecule has 9 nitrogen and oxygen atoms in total. The van der Waals surface area contributed by atoms with Gasteiger partial charge in [-0.3, -0.25) is 14.3 Å². The number of nitrogens with two attached hydrogens (primary N) is 1. The van der Waals surface area contributed by atoms with Crippen LogP contribution in [0.4, 0.5) is 5.69 Å². The minimum atomic E-state index is -0.216. The minimum Gasteiger partial charge on any atom is -0.399 e. The number of hydrogen-bond acceptors (Lipinski definition) is 6. The van der Waals surface area contributed by atoms with E-state index >= 15 is 0 Å². The van der Waals surface area contributed by atoms with Crippen molar-refractivity contribution in [1.29, 1.82) is 0 Å². The van der Waals surface area contributed by atoms with Crippen molar-refractivity contribution in [3.05, 3.63) is 84.3 Å². The summed E-state index contributed by atoms with van der Waals surface area (Å²) in [5, 5.41) is 13.8. The Balaban J connectivity index is 1.59. The predicted molar refractivity (Wildman–Crippen MR) is 131 cm³/mol. The third-order valence-corrected chi connectivity index (χ3v) is 6.29. The zero-order chi connectivity index (χ0) is 23.4. The summed E-state index contributed by atoms with van der Waals surface area (Å²) in [5.74, 6) is -0.216. The molecule has 9 heteroatoms. The third-order valence-electron chi connectivity index (χ3n) is 6.29. The molecule has 6 aromatic rings. The molecule has 0 unspecified atom stereocenters. The molecule has 4 heterocycles. The largest absolute Gasteiger partial charge is 0.399 e. The summed E-state index contributed by atoms with van der Waals surface area (Å²) in [4.78, 5) is 9.90. The monoisotopic (exact) mass is 449 g/mol. The van der Waals surface area contributed by atoms with Crippen molar-refractivity contribution in [3.63, 3.8) is 0 Å². The maximum absolute atomic E-state index is 6.27. The topological polar surface area (TPSA) is 105 Å². The molecule has 0 spiro atoms. The highest BCUT2D eigenvalue weighted by atomic mass is 15.4. The van der Waals surface area contributed by atoms with Crippen molar-refractivity contribution in [2.24, 2.45) is 21.1 Å². The van der Waals surface area contributed by atoms with E-state index in [2.05, 4.69) is 50.4 Å². The number of anilines is 1. The maximum atomic E-state index is 6.27. The number of nitrogen functional groups attached to an aromatic ring is 1. The van der Waals surface area contributed by atoms with Crippen LogP contribution in [0, 0.1) is 0 Å². The Morgan fingerprint density at radius 3 is 2.62 bits per heavy atom. The van der Waals surface area contributed by atoms with E-state index in [1.165, 1.54) is 5.39 Å². The molecule has 1 atom stereocenters. The second kappa shape index (κ2) is 7.51. The first-order chi connectivity index (χ1) is 16.5. The average molecular weight is 450 g/mol. The molecular weight excluding hydrogens is 426 g/mol. The summed E-state index contributed by atoms with van der Waals surface area (Å²) < 4.78 is 5.65. The molecular formula is C25H23N9. The SMILES string of the molecule is Cn1cc([C@H](c2cnc3cc(N)cc(-c4ccc5ccn(C)c5c4)c3n2)c2cnnn2C)cn1. The van der Waals surface area contributed by atoms with E-state index in [-0.39, 0.29) is 5.92 Å². The number of benzene rings is 2. The van der Waals surface area contributed by atoms with E-state index < -0.39 is 0 Å². The summed E-state index contributed by atoms with van der Waals surface area (Å²) in [7, 11) is 5.82. The molecule has 6 rings (SSSR count). The van der Waals surface area contributed by atoms with Crippen LogP contribution in [0.5, 0.6) is 0 Å².